The van der Waals surface area contributed by atoms with Crippen LogP contribution in [0, 0.1) is 0 Å². The zero-order valence-electron chi connectivity index (χ0n) is 13.0. The second-order valence-corrected chi connectivity index (χ2v) is 8.02. The first-order valence-electron chi connectivity index (χ1n) is 7.68. The van der Waals surface area contributed by atoms with Gasteiger partial charge in [0.1, 0.15) is 11.5 Å². The molecular weight excluding hydrogens is 416 g/mol. The highest BCUT2D eigenvalue weighted by molar-refractivity contribution is 9.10. The third-order valence-electron chi connectivity index (χ3n) is 4.43. The summed E-state index contributed by atoms with van der Waals surface area (Å²) in [6.45, 7) is 4.33. The van der Waals surface area contributed by atoms with Crippen molar-refractivity contribution in [2.45, 2.75) is 26.7 Å². The van der Waals surface area contributed by atoms with Gasteiger partial charge in [-0.2, -0.15) is 0 Å². The smallest absolute Gasteiger partial charge is 0.131 e. The van der Waals surface area contributed by atoms with Gasteiger partial charge in [-0.1, -0.05) is 55.2 Å². The van der Waals surface area contributed by atoms with Crippen LogP contribution in [0.4, 0.5) is 0 Å². The maximum atomic E-state index is 6.36. The summed E-state index contributed by atoms with van der Waals surface area (Å²) in [6.07, 6.45) is 6.40. The summed E-state index contributed by atoms with van der Waals surface area (Å²) in [7, 11) is 0. The molecule has 2 aromatic carbocycles. The lowest BCUT2D eigenvalue weighted by atomic mass is 10.1. The monoisotopic (exact) mass is 430 g/mol. The summed E-state index contributed by atoms with van der Waals surface area (Å²) >= 11 is 7.29. The Morgan fingerprint density at radius 1 is 0.739 bits per heavy atom. The van der Waals surface area contributed by atoms with Gasteiger partial charge in [0.25, 0.3) is 0 Å². The second-order valence-electron chi connectivity index (χ2n) is 6.31. The van der Waals surface area contributed by atoms with Crippen LogP contribution in [0.3, 0.4) is 0 Å². The van der Waals surface area contributed by atoms with E-state index in [2.05, 4.69) is 82.1 Å². The van der Waals surface area contributed by atoms with Gasteiger partial charge < -0.3 is 4.74 Å². The molecule has 3 heteroatoms. The lowest BCUT2D eigenvalue weighted by Crippen LogP contribution is -1.96. The Morgan fingerprint density at radius 3 is 1.61 bits per heavy atom. The maximum Gasteiger partial charge on any atom is 0.131 e. The normalized spacial score (nSPS) is 15.1. The van der Waals surface area contributed by atoms with Crippen molar-refractivity contribution in [3.8, 4) is 11.5 Å². The predicted molar refractivity (Wildman–Crippen MR) is 103 cm³/mol. The summed E-state index contributed by atoms with van der Waals surface area (Å²) in [5.74, 6) is 1.93. The van der Waals surface area contributed by atoms with Crippen molar-refractivity contribution in [2.24, 2.45) is 0 Å². The van der Waals surface area contributed by atoms with Gasteiger partial charge in [-0.15, -0.1) is 0 Å². The quantitative estimate of drug-likeness (QED) is 0.501. The lowest BCUT2D eigenvalue weighted by Gasteiger charge is -2.15. The number of hydrogen-bond donors (Lipinski definition) is 0. The van der Waals surface area contributed by atoms with Crippen molar-refractivity contribution < 1.29 is 4.74 Å². The summed E-state index contributed by atoms with van der Waals surface area (Å²) < 4.78 is 8.63. The van der Waals surface area contributed by atoms with E-state index in [0.717, 1.165) is 33.3 Å². The summed E-state index contributed by atoms with van der Waals surface area (Å²) in [4.78, 5) is 0. The predicted octanol–water partition coefficient (Wildman–Crippen LogP) is 6.92. The van der Waals surface area contributed by atoms with Gasteiger partial charge >= 0.3 is 0 Å². The number of halogens is 2. The Bertz CT molecular complexity index is 818. The Hall–Kier alpha value is -1.32. The van der Waals surface area contributed by atoms with E-state index in [9.17, 15) is 0 Å². The average molecular weight is 432 g/mol. The van der Waals surface area contributed by atoms with Crippen LogP contribution in [-0.4, -0.2) is 0 Å². The molecule has 0 spiro atoms. The van der Waals surface area contributed by atoms with Gasteiger partial charge in [0.05, 0.1) is 0 Å². The minimum absolute atomic E-state index is 0.958. The number of ether oxygens (including phenoxy) is 1. The highest BCUT2D eigenvalue weighted by Crippen LogP contribution is 2.42. The molecule has 0 aliphatic heterocycles. The summed E-state index contributed by atoms with van der Waals surface area (Å²) in [5, 5.41) is 0. The molecule has 1 nitrogen and oxygen atoms in total. The zero-order valence-corrected chi connectivity index (χ0v) is 16.2. The summed E-state index contributed by atoms with van der Waals surface area (Å²) in [6, 6.07) is 8.29. The molecule has 0 heterocycles. The fraction of sp³-hybridized carbons (Fsp3) is 0.200. The Kier molecular flexibility index (Phi) is 3.73. The van der Waals surface area contributed by atoms with Crippen LogP contribution < -0.4 is 4.74 Å². The van der Waals surface area contributed by atoms with Crippen molar-refractivity contribution >= 4 is 44.0 Å². The van der Waals surface area contributed by atoms with Crippen LogP contribution in [0.5, 0.6) is 11.5 Å². The van der Waals surface area contributed by atoms with Crippen LogP contribution in [0.2, 0.25) is 0 Å². The van der Waals surface area contributed by atoms with Crippen LogP contribution in [0.25, 0.3) is 12.2 Å². The van der Waals surface area contributed by atoms with Crippen molar-refractivity contribution in [1.29, 1.82) is 0 Å². The molecule has 0 atom stereocenters. The molecule has 0 amide bonds. The Morgan fingerprint density at radius 2 is 1.17 bits per heavy atom. The molecule has 0 unspecified atom stereocenters. The molecule has 0 saturated carbocycles. The number of benzene rings is 2. The summed E-state index contributed by atoms with van der Waals surface area (Å²) in [5.41, 5.74) is 7.80. The van der Waals surface area contributed by atoms with Gasteiger partial charge in [0.2, 0.25) is 0 Å². The maximum absolute atomic E-state index is 6.36. The van der Waals surface area contributed by atoms with Crippen LogP contribution >= 0.6 is 31.9 Å². The van der Waals surface area contributed by atoms with Crippen molar-refractivity contribution in [3.05, 3.63) is 66.6 Å². The molecule has 2 aliphatic carbocycles. The minimum Gasteiger partial charge on any atom is -0.457 e. The molecule has 2 aromatic rings. The average Bonchev–Trinajstić information content (AvgIpc) is 3.08. The fourth-order valence-electron chi connectivity index (χ4n) is 3.37. The number of allylic oxidation sites excluding steroid dienone is 2. The van der Waals surface area contributed by atoms with E-state index in [1.165, 1.54) is 33.4 Å². The van der Waals surface area contributed by atoms with E-state index in [0.29, 0.717) is 0 Å². The van der Waals surface area contributed by atoms with Crippen LogP contribution in [0.15, 0.2) is 44.4 Å². The second kappa shape index (κ2) is 5.64. The molecule has 0 radical (unpaired) electrons. The van der Waals surface area contributed by atoms with E-state index in [1.807, 2.05) is 0 Å². The molecule has 0 saturated heterocycles. The molecule has 0 aromatic heterocycles. The van der Waals surface area contributed by atoms with Gasteiger partial charge in [-0.25, -0.2) is 0 Å². The standard InChI is InChI=1S/C20H16Br2O/c1-11-7-13-15(9-11)19(5-3-17(13)21)23-20-6-4-18(22)14-8-12(2)10-16(14)20/h3-8H,9-10H2,1-2H3. The SMILES string of the molecule is CC1=Cc2c(Br)ccc(Oc3ccc(Br)c4c3CC(C)=C4)c2C1. The van der Waals surface area contributed by atoms with Gasteiger partial charge in [0.15, 0.2) is 0 Å². The number of rotatable bonds is 2. The molecule has 23 heavy (non-hydrogen) atoms. The first-order valence-corrected chi connectivity index (χ1v) is 9.26. The van der Waals surface area contributed by atoms with Gasteiger partial charge in [0, 0.05) is 20.1 Å². The number of fused-ring (bicyclic) bond motifs is 2. The first-order chi connectivity index (χ1) is 11.0. The third kappa shape index (κ3) is 2.60. The zero-order chi connectivity index (χ0) is 16.1. The lowest BCUT2D eigenvalue weighted by molar-refractivity contribution is 0.472. The van der Waals surface area contributed by atoms with E-state index >= 15 is 0 Å². The highest BCUT2D eigenvalue weighted by Gasteiger charge is 2.21. The fourth-order valence-corrected chi connectivity index (χ4v) is 4.34. The first kappa shape index (κ1) is 15.2. The van der Waals surface area contributed by atoms with Crippen LogP contribution in [0.1, 0.15) is 36.1 Å². The van der Waals surface area contributed by atoms with E-state index in [-0.39, 0.29) is 0 Å². The molecule has 4 rings (SSSR count). The van der Waals surface area contributed by atoms with Crippen LogP contribution in [-0.2, 0) is 12.8 Å². The molecule has 0 bridgehead atoms. The van der Waals surface area contributed by atoms with Crippen molar-refractivity contribution in [3.63, 3.8) is 0 Å². The highest BCUT2D eigenvalue weighted by atomic mass is 79.9. The van der Waals surface area contributed by atoms with Gasteiger partial charge in [-0.05, 0) is 62.1 Å². The topological polar surface area (TPSA) is 9.23 Å². The third-order valence-corrected chi connectivity index (χ3v) is 5.82. The number of hydrogen-bond acceptors (Lipinski definition) is 1. The van der Waals surface area contributed by atoms with E-state index < -0.39 is 0 Å². The molecule has 2 aliphatic rings. The largest absolute Gasteiger partial charge is 0.457 e. The van der Waals surface area contributed by atoms with E-state index in [1.54, 1.807) is 0 Å². The molecule has 0 fully saturated rings. The Labute approximate surface area is 153 Å². The van der Waals surface area contributed by atoms with Crippen molar-refractivity contribution in [1.82, 2.24) is 0 Å². The van der Waals surface area contributed by atoms with Gasteiger partial charge in [-0.3, -0.25) is 0 Å². The van der Waals surface area contributed by atoms with E-state index in [4.69, 9.17) is 4.74 Å². The molecular formula is C20H16Br2O. The Balaban J connectivity index is 1.76. The molecule has 116 valence electrons. The minimum atomic E-state index is 0.958. The molecule has 0 N–H and O–H groups in total. The van der Waals surface area contributed by atoms with Crippen molar-refractivity contribution in [2.75, 3.05) is 0 Å².